The van der Waals surface area contributed by atoms with Crippen LogP contribution in [0.4, 0.5) is 5.69 Å². The number of benzene rings is 1. The summed E-state index contributed by atoms with van der Waals surface area (Å²) >= 11 is 0. The van der Waals surface area contributed by atoms with Gasteiger partial charge in [-0.2, -0.15) is 4.98 Å². The van der Waals surface area contributed by atoms with Crippen molar-refractivity contribution < 1.29 is 4.52 Å². The molecule has 6 heteroatoms. The minimum absolute atomic E-state index is 0.179. The highest BCUT2D eigenvalue weighted by atomic mass is 16.5. The van der Waals surface area contributed by atoms with Crippen LogP contribution in [0, 0.1) is 0 Å². The highest BCUT2D eigenvalue weighted by molar-refractivity contribution is 5.54. The second-order valence-electron chi connectivity index (χ2n) is 4.99. The van der Waals surface area contributed by atoms with Crippen molar-refractivity contribution in [2.45, 2.75) is 12.3 Å². The van der Waals surface area contributed by atoms with Gasteiger partial charge in [0.25, 0.3) is 0 Å². The van der Waals surface area contributed by atoms with Gasteiger partial charge >= 0.3 is 0 Å². The van der Waals surface area contributed by atoms with Crippen LogP contribution in [0.5, 0.6) is 0 Å². The fourth-order valence-electron chi connectivity index (χ4n) is 2.54. The normalized spacial score (nSPS) is 17.0. The van der Waals surface area contributed by atoms with Gasteiger partial charge in [0.15, 0.2) is 0 Å². The molecule has 1 atom stereocenters. The summed E-state index contributed by atoms with van der Waals surface area (Å²) in [5.74, 6) is 1.30. The minimum Gasteiger partial charge on any atom is -0.384 e. The molecule has 0 spiro atoms. The topological polar surface area (TPSA) is 76.7 Å². The van der Waals surface area contributed by atoms with Gasteiger partial charge in [0.05, 0.1) is 12.1 Å². The van der Waals surface area contributed by atoms with Gasteiger partial charge in [-0.05, 0) is 18.1 Å². The average molecular weight is 279 g/mol. The predicted octanol–water partition coefficient (Wildman–Crippen LogP) is 2.28. The van der Waals surface area contributed by atoms with Crippen molar-refractivity contribution in [3.63, 3.8) is 0 Å². The average Bonchev–Trinajstić information content (AvgIpc) is 3.05. The monoisotopic (exact) mass is 279 g/mol. The van der Waals surface area contributed by atoms with Gasteiger partial charge < -0.3 is 9.84 Å². The Labute approximate surface area is 121 Å². The van der Waals surface area contributed by atoms with Crippen molar-refractivity contribution in [3.8, 4) is 11.5 Å². The zero-order chi connectivity index (χ0) is 14.1. The lowest BCUT2D eigenvalue weighted by atomic mass is 9.94. The maximum absolute atomic E-state index is 5.40. The fraction of sp³-hybridized carbons (Fsp3) is 0.200. The predicted molar refractivity (Wildman–Crippen MR) is 76.7 cm³/mol. The molecular formula is C15H13N5O. The Hall–Kier alpha value is -2.76. The Morgan fingerprint density at radius 1 is 1.19 bits per heavy atom. The molecule has 0 bridgehead atoms. The summed E-state index contributed by atoms with van der Waals surface area (Å²) in [6, 6.07) is 8.28. The smallest absolute Gasteiger partial charge is 0.232 e. The quantitative estimate of drug-likeness (QED) is 0.775. The Kier molecular flexibility index (Phi) is 2.85. The van der Waals surface area contributed by atoms with E-state index in [1.807, 2.05) is 12.1 Å². The molecule has 1 N–H and O–H groups in total. The first-order valence-electron chi connectivity index (χ1n) is 6.82. The van der Waals surface area contributed by atoms with Crippen LogP contribution in [0.15, 0.2) is 47.4 Å². The van der Waals surface area contributed by atoms with E-state index in [0.717, 1.165) is 13.0 Å². The van der Waals surface area contributed by atoms with Crippen molar-refractivity contribution in [1.82, 2.24) is 20.1 Å². The molecular weight excluding hydrogens is 266 g/mol. The molecule has 0 amide bonds. The molecule has 3 heterocycles. The third-order valence-electron chi connectivity index (χ3n) is 3.61. The van der Waals surface area contributed by atoms with E-state index in [1.54, 1.807) is 18.6 Å². The Bertz CT molecular complexity index is 756. The Morgan fingerprint density at radius 2 is 2.14 bits per heavy atom. The van der Waals surface area contributed by atoms with Crippen molar-refractivity contribution in [3.05, 3.63) is 54.3 Å². The number of nitrogens with one attached hydrogen (secondary N) is 1. The number of rotatable bonds is 2. The van der Waals surface area contributed by atoms with E-state index >= 15 is 0 Å². The maximum Gasteiger partial charge on any atom is 0.232 e. The van der Waals surface area contributed by atoms with E-state index in [2.05, 4.69) is 37.6 Å². The number of aromatic nitrogens is 4. The van der Waals surface area contributed by atoms with Gasteiger partial charge in [-0.15, -0.1) is 0 Å². The van der Waals surface area contributed by atoms with Gasteiger partial charge in [0, 0.05) is 24.6 Å². The Morgan fingerprint density at radius 3 is 3.05 bits per heavy atom. The van der Waals surface area contributed by atoms with Crippen molar-refractivity contribution in [2.75, 3.05) is 11.9 Å². The summed E-state index contributed by atoms with van der Waals surface area (Å²) in [6.45, 7) is 0.791. The third kappa shape index (κ3) is 2.24. The van der Waals surface area contributed by atoms with Crippen LogP contribution < -0.4 is 5.32 Å². The van der Waals surface area contributed by atoms with E-state index in [4.69, 9.17) is 4.52 Å². The van der Waals surface area contributed by atoms with Crippen molar-refractivity contribution in [1.29, 1.82) is 0 Å². The molecule has 1 aliphatic heterocycles. The van der Waals surface area contributed by atoms with E-state index in [9.17, 15) is 0 Å². The van der Waals surface area contributed by atoms with Crippen LogP contribution in [0.3, 0.4) is 0 Å². The summed E-state index contributed by atoms with van der Waals surface area (Å²) in [7, 11) is 0. The van der Waals surface area contributed by atoms with E-state index < -0.39 is 0 Å². The molecule has 0 radical (unpaired) electrons. The highest BCUT2D eigenvalue weighted by Crippen LogP contribution is 2.30. The molecule has 3 aromatic rings. The number of para-hydroxylation sites is 1. The van der Waals surface area contributed by atoms with Gasteiger partial charge in [-0.1, -0.05) is 23.4 Å². The van der Waals surface area contributed by atoms with Crippen molar-refractivity contribution >= 4 is 5.69 Å². The fourth-order valence-corrected chi connectivity index (χ4v) is 2.54. The molecule has 1 aromatic carbocycles. The molecule has 0 aliphatic carbocycles. The first-order valence-corrected chi connectivity index (χ1v) is 6.82. The molecule has 0 fully saturated rings. The summed E-state index contributed by atoms with van der Waals surface area (Å²) < 4.78 is 5.40. The van der Waals surface area contributed by atoms with Gasteiger partial charge in [-0.25, -0.2) is 4.98 Å². The van der Waals surface area contributed by atoms with Gasteiger partial charge in [0.1, 0.15) is 5.69 Å². The zero-order valence-electron chi connectivity index (χ0n) is 11.2. The van der Waals surface area contributed by atoms with Crippen molar-refractivity contribution in [2.24, 2.45) is 0 Å². The van der Waals surface area contributed by atoms with Crippen LogP contribution in [-0.2, 0) is 6.42 Å². The van der Waals surface area contributed by atoms with Crippen LogP contribution in [0.2, 0.25) is 0 Å². The van der Waals surface area contributed by atoms with Crippen LogP contribution in [-0.4, -0.2) is 26.7 Å². The van der Waals surface area contributed by atoms with Crippen LogP contribution >= 0.6 is 0 Å². The number of fused-ring (bicyclic) bond motifs is 1. The zero-order valence-corrected chi connectivity index (χ0v) is 11.2. The molecule has 0 saturated heterocycles. The lowest BCUT2D eigenvalue weighted by Crippen LogP contribution is -2.21. The molecule has 1 unspecified atom stereocenters. The second kappa shape index (κ2) is 4.97. The van der Waals surface area contributed by atoms with E-state index in [0.29, 0.717) is 17.4 Å². The van der Waals surface area contributed by atoms with E-state index in [1.165, 1.54) is 11.3 Å². The third-order valence-corrected chi connectivity index (χ3v) is 3.61. The minimum atomic E-state index is 0.179. The maximum atomic E-state index is 5.40. The molecule has 0 saturated carbocycles. The molecule has 104 valence electrons. The first-order chi connectivity index (χ1) is 10.4. The molecule has 6 nitrogen and oxygen atoms in total. The number of hydrogen-bond donors (Lipinski definition) is 1. The summed E-state index contributed by atoms with van der Waals surface area (Å²) in [5, 5.41) is 7.41. The van der Waals surface area contributed by atoms with Crippen LogP contribution in [0.25, 0.3) is 11.5 Å². The SMILES string of the molecule is c1ccc2c(c1)CC(c1nc(-c3cnccn3)no1)CN2. The molecule has 4 rings (SSSR count). The summed E-state index contributed by atoms with van der Waals surface area (Å²) in [4.78, 5) is 12.7. The van der Waals surface area contributed by atoms with Gasteiger partial charge in [0.2, 0.25) is 11.7 Å². The summed E-state index contributed by atoms with van der Waals surface area (Å²) in [6.07, 6.45) is 5.75. The Balaban J connectivity index is 1.60. The molecule has 1 aliphatic rings. The molecule has 21 heavy (non-hydrogen) atoms. The number of nitrogens with zero attached hydrogens (tertiary/aromatic N) is 4. The van der Waals surface area contributed by atoms with Crippen LogP contribution in [0.1, 0.15) is 17.4 Å². The first kappa shape index (κ1) is 12.0. The number of hydrogen-bond acceptors (Lipinski definition) is 6. The highest BCUT2D eigenvalue weighted by Gasteiger charge is 2.24. The second-order valence-corrected chi connectivity index (χ2v) is 4.99. The summed E-state index contributed by atoms with van der Waals surface area (Å²) in [5.41, 5.74) is 3.08. The number of anilines is 1. The standard InChI is InChI=1S/C15H13N5O/c1-2-4-12-10(3-1)7-11(8-18-12)15-19-14(20-21-15)13-9-16-5-6-17-13/h1-6,9,11,18H,7-8H2. The lowest BCUT2D eigenvalue weighted by Gasteiger charge is -2.23. The largest absolute Gasteiger partial charge is 0.384 e. The van der Waals surface area contributed by atoms with Gasteiger partial charge in [-0.3, -0.25) is 4.98 Å². The molecule has 2 aromatic heterocycles. The van der Waals surface area contributed by atoms with E-state index in [-0.39, 0.29) is 5.92 Å². The lowest BCUT2D eigenvalue weighted by molar-refractivity contribution is 0.354.